The molecule has 1 atom stereocenters. The summed E-state index contributed by atoms with van der Waals surface area (Å²) in [5, 5.41) is 12.3. The van der Waals surface area contributed by atoms with Gasteiger partial charge < -0.3 is 0 Å². The molecular weight excluding hydrogens is 446 g/mol. The van der Waals surface area contributed by atoms with Crippen LogP contribution < -0.4 is 0 Å². The molecule has 0 spiro atoms. The number of aliphatic hydroxyl groups excluding tert-OH is 1. The molecule has 0 amide bonds. The van der Waals surface area contributed by atoms with Crippen molar-refractivity contribution in [2.24, 2.45) is 0 Å². The Labute approximate surface area is 171 Å². The van der Waals surface area contributed by atoms with Crippen LogP contribution in [0.5, 0.6) is 0 Å². The number of halogens is 1. The Balaban J connectivity index is 3.02. The van der Waals surface area contributed by atoms with Crippen molar-refractivity contribution >= 4 is 30.0 Å². The topological polar surface area (TPSA) is 20.2 Å². The van der Waals surface area contributed by atoms with Gasteiger partial charge in [-0.3, -0.25) is 0 Å². The molecule has 0 aliphatic rings. The molecule has 26 heavy (non-hydrogen) atoms. The van der Waals surface area contributed by atoms with E-state index in [-0.39, 0.29) is 9.53 Å². The van der Waals surface area contributed by atoms with E-state index < -0.39 is 18.4 Å². The van der Waals surface area contributed by atoms with E-state index in [1.54, 1.807) is 0 Å². The van der Waals surface area contributed by atoms with Gasteiger partial charge in [0.1, 0.15) is 0 Å². The predicted molar refractivity (Wildman–Crippen MR) is 120 cm³/mol. The first-order valence-electron chi connectivity index (χ1n) is 10.8. The number of benzene rings is 1. The van der Waals surface area contributed by atoms with Crippen LogP contribution in [0.2, 0.25) is 18.3 Å². The standard InChI is InChI=1S/C11H14ClO.3C4H9.Sn/c1-11(2,7-8-13)9-3-5-10(12)6-4-9;3*1-3-4-2;/h3-6,8,13H,7H2,1-2H3;3*1,3-4H2,2H3;. The molecule has 0 fully saturated rings. The summed E-state index contributed by atoms with van der Waals surface area (Å²) in [5.41, 5.74) is 1.29. The quantitative estimate of drug-likeness (QED) is 0.282. The van der Waals surface area contributed by atoms with Gasteiger partial charge in [0.2, 0.25) is 0 Å². The van der Waals surface area contributed by atoms with E-state index in [1.807, 2.05) is 12.1 Å². The molecule has 3 heteroatoms. The molecule has 0 aliphatic carbocycles. The molecule has 1 unspecified atom stereocenters. The molecule has 0 aromatic heterocycles. The van der Waals surface area contributed by atoms with Crippen LogP contribution in [0.3, 0.4) is 0 Å². The minimum atomic E-state index is -2.59. The Morgan fingerprint density at radius 3 is 1.69 bits per heavy atom. The number of rotatable bonds is 13. The average molecular weight is 488 g/mol. The van der Waals surface area contributed by atoms with Crippen LogP contribution in [-0.4, -0.2) is 27.6 Å². The Morgan fingerprint density at radius 2 is 1.31 bits per heavy atom. The summed E-state index contributed by atoms with van der Waals surface area (Å²) in [6.07, 6.45) is 8.59. The van der Waals surface area contributed by atoms with E-state index in [2.05, 4.69) is 46.8 Å². The van der Waals surface area contributed by atoms with Crippen LogP contribution in [0.4, 0.5) is 0 Å². The third-order valence-corrected chi connectivity index (χ3v) is 22.5. The van der Waals surface area contributed by atoms with Crippen LogP contribution in [0.1, 0.15) is 85.1 Å². The summed E-state index contributed by atoms with van der Waals surface area (Å²) in [6.45, 7) is 11.5. The summed E-state index contributed by atoms with van der Waals surface area (Å²) < 4.78 is 4.05. The maximum atomic E-state index is 11.6. The molecular formula is C23H41ClOSn. The predicted octanol–water partition coefficient (Wildman–Crippen LogP) is 7.76. The van der Waals surface area contributed by atoms with Crippen LogP contribution >= 0.6 is 11.6 Å². The number of hydrogen-bond donors (Lipinski definition) is 1. The third kappa shape index (κ3) is 7.35. The first-order valence-corrected chi connectivity index (χ1v) is 18.8. The van der Waals surface area contributed by atoms with Gasteiger partial charge in [-0.1, -0.05) is 0 Å². The van der Waals surface area contributed by atoms with Crippen molar-refractivity contribution in [2.75, 3.05) is 0 Å². The Kier molecular flexibility index (Phi) is 11.2. The van der Waals surface area contributed by atoms with Gasteiger partial charge in [-0.15, -0.1) is 0 Å². The average Bonchev–Trinajstić information content (AvgIpc) is 2.61. The van der Waals surface area contributed by atoms with E-state index in [9.17, 15) is 5.11 Å². The van der Waals surface area contributed by atoms with Gasteiger partial charge in [-0.2, -0.15) is 0 Å². The zero-order chi connectivity index (χ0) is 19.6. The van der Waals surface area contributed by atoms with Crippen molar-refractivity contribution in [1.82, 2.24) is 0 Å². The van der Waals surface area contributed by atoms with Crippen molar-refractivity contribution in [3.05, 3.63) is 34.9 Å². The van der Waals surface area contributed by atoms with Crippen LogP contribution in [0, 0.1) is 0 Å². The van der Waals surface area contributed by atoms with Gasteiger partial charge in [-0.25, -0.2) is 0 Å². The molecule has 1 rings (SSSR count). The SMILES string of the molecule is CCC[CH2][Sn]([CH2]CCC)([CH2]CCC)[CH](O)CC(C)(C)c1ccc(Cl)cc1. The molecule has 1 N–H and O–H groups in total. The summed E-state index contributed by atoms with van der Waals surface area (Å²) in [7, 11) is 0. The van der Waals surface area contributed by atoms with Crippen molar-refractivity contribution in [3.8, 4) is 0 Å². The molecule has 0 saturated carbocycles. The Bertz CT molecular complexity index is 476. The maximum absolute atomic E-state index is 11.6. The van der Waals surface area contributed by atoms with Gasteiger partial charge in [0.15, 0.2) is 0 Å². The second-order valence-electron chi connectivity index (χ2n) is 8.78. The second-order valence-corrected chi connectivity index (χ2v) is 23.2. The summed E-state index contributed by atoms with van der Waals surface area (Å²) >= 11 is 3.49. The molecule has 0 saturated heterocycles. The van der Waals surface area contributed by atoms with E-state index in [0.29, 0.717) is 0 Å². The van der Waals surface area contributed by atoms with Crippen molar-refractivity contribution < 1.29 is 5.11 Å². The normalized spacial score (nSPS) is 13.8. The van der Waals surface area contributed by atoms with Gasteiger partial charge in [0.05, 0.1) is 0 Å². The van der Waals surface area contributed by atoms with Crippen LogP contribution in [0.25, 0.3) is 0 Å². The molecule has 0 aliphatic heterocycles. The van der Waals surface area contributed by atoms with Gasteiger partial charge in [-0.05, 0) is 0 Å². The fourth-order valence-corrected chi connectivity index (χ4v) is 21.0. The molecule has 150 valence electrons. The molecule has 0 radical (unpaired) electrons. The first-order chi connectivity index (χ1) is 12.3. The van der Waals surface area contributed by atoms with Gasteiger partial charge >= 0.3 is 172 Å². The Hall–Kier alpha value is 0.269. The third-order valence-electron chi connectivity index (χ3n) is 6.12. The van der Waals surface area contributed by atoms with Gasteiger partial charge in [0.25, 0.3) is 0 Å². The van der Waals surface area contributed by atoms with E-state index in [4.69, 9.17) is 11.6 Å². The summed E-state index contributed by atoms with van der Waals surface area (Å²) in [5.74, 6) is 0. The van der Waals surface area contributed by atoms with Gasteiger partial charge in [0, 0.05) is 0 Å². The molecule has 1 nitrogen and oxygen atoms in total. The van der Waals surface area contributed by atoms with E-state index >= 15 is 0 Å². The monoisotopic (exact) mass is 488 g/mol. The zero-order valence-electron chi connectivity index (χ0n) is 17.8. The number of aliphatic hydroxyl groups is 1. The number of hydrogen-bond acceptors (Lipinski definition) is 1. The van der Waals surface area contributed by atoms with Crippen LogP contribution in [0.15, 0.2) is 24.3 Å². The van der Waals surface area contributed by atoms with Crippen molar-refractivity contribution in [1.29, 1.82) is 0 Å². The fraction of sp³-hybridized carbons (Fsp3) is 0.739. The summed E-state index contributed by atoms with van der Waals surface area (Å²) in [4.78, 5) is 0. The van der Waals surface area contributed by atoms with E-state index in [0.717, 1.165) is 11.4 Å². The number of unbranched alkanes of at least 4 members (excludes halogenated alkanes) is 3. The molecule has 1 aromatic carbocycles. The summed E-state index contributed by atoms with van der Waals surface area (Å²) in [6, 6.07) is 8.23. The van der Waals surface area contributed by atoms with Crippen molar-refractivity contribution in [3.63, 3.8) is 0 Å². The van der Waals surface area contributed by atoms with E-state index in [1.165, 1.54) is 57.4 Å². The Morgan fingerprint density at radius 1 is 0.885 bits per heavy atom. The fourth-order valence-electron chi connectivity index (χ4n) is 4.18. The van der Waals surface area contributed by atoms with Crippen LogP contribution in [-0.2, 0) is 5.41 Å². The van der Waals surface area contributed by atoms with Crippen molar-refractivity contribution in [2.45, 2.75) is 102 Å². The molecule has 1 aromatic rings. The second kappa shape index (κ2) is 12.0. The molecule has 0 bridgehead atoms. The molecule has 0 heterocycles. The first kappa shape index (κ1) is 24.3. The zero-order valence-corrected chi connectivity index (χ0v) is 21.4. The minimum absolute atomic E-state index is 0.00316.